The first-order valence-corrected chi connectivity index (χ1v) is 14.6. The Morgan fingerprint density at radius 3 is 2.61 bits per heavy atom. The molecule has 13 nitrogen and oxygen atoms in total. The van der Waals surface area contributed by atoms with Crippen molar-refractivity contribution in [2.45, 2.75) is 52.4 Å². The molecule has 3 heterocycles. The largest absolute Gasteiger partial charge is 0.465 e. The Kier molecular flexibility index (Phi) is 11.9. The molecule has 238 valence electrons. The number of hydrogen-bond acceptors (Lipinski definition) is 12. The van der Waals surface area contributed by atoms with Crippen molar-refractivity contribution in [3.63, 3.8) is 0 Å². The van der Waals surface area contributed by atoms with E-state index in [-0.39, 0.29) is 67.3 Å². The van der Waals surface area contributed by atoms with Gasteiger partial charge in [-0.05, 0) is 19.3 Å². The molecule has 2 aromatic rings. The normalized spacial score (nSPS) is 17.0. The first-order chi connectivity index (χ1) is 21.2. The van der Waals surface area contributed by atoms with Gasteiger partial charge in [-0.3, -0.25) is 15.0 Å². The Balaban J connectivity index is 1.26. The first-order valence-electron chi connectivity index (χ1n) is 14.6. The lowest BCUT2D eigenvalue weighted by Gasteiger charge is -2.32. The van der Waals surface area contributed by atoms with Gasteiger partial charge in [0.2, 0.25) is 5.95 Å². The minimum Gasteiger partial charge on any atom is -0.465 e. The molecule has 2 atom stereocenters. The number of nitrogens with zero attached hydrogens (tertiary/aromatic N) is 4. The summed E-state index contributed by atoms with van der Waals surface area (Å²) in [5.41, 5.74) is 6.90. The summed E-state index contributed by atoms with van der Waals surface area (Å²) in [4.78, 5) is 39.8. The van der Waals surface area contributed by atoms with Crippen molar-refractivity contribution in [1.82, 2.24) is 9.97 Å². The molecule has 3 N–H and O–H groups in total. The van der Waals surface area contributed by atoms with Crippen LogP contribution in [0.1, 0.15) is 45.1 Å². The number of esters is 2. The zero-order valence-electron chi connectivity index (χ0n) is 25.0. The van der Waals surface area contributed by atoms with Crippen molar-refractivity contribution in [1.29, 1.82) is 5.41 Å². The molecule has 2 unspecified atom stereocenters. The van der Waals surface area contributed by atoms with Crippen LogP contribution < -0.4 is 10.6 Å². The zero-order chi connectivity index (χ0) is 31.5. The third-order valence-electron chi connectivity index (χ3n) is 6.87. The number of aromatic nitrogens is 2. The Bertz CT molecular complexity index is 1310. The number of hydrogen-bond donors (Lipinski definition) is 2. The smallest absolute Gasteiger partial charge is 0.313 e. The SMILES string of the molecule is CC(C)C(=O)OCC(CON=C1CN(c2ncc(-c3cccc(COC(=O)CC(=N)N)c3F)cn2)C1)COC1CCCCO1. The number of amidine groups is 1. The molecule has 2 aliphatic rings. The van der Waals surface area contributed by atoms with Gasteiger partial charge in [0.1, 0.15) is 31.3 Å². The minimum absolute atomic E-state index is 0.162. The number of rotatable bonds is 15. The van der Waals surface area contributed by atoms with Crippen LogP contribution in [0, 0.1) is 23.1 Å². The first kappa shape index (κ1) is 32.7. The van der Waals surface area contributed by atoms with Crippen LogP contribution in [0.3, 0.4) is 0 Å². The van der Waals surface area contributed by atoms with E-state index in [1.54, 1.807) is 26.0 Å². The highest BCUT2D eigenvalue weighted by atomic mass is 19.1. The van der Waals surface area contributed by atoms with Crippen molar-refractivity contribution < 1.29 is 37.8 Å². The molecule has 14 heteroatoms. The van der Waals surface area contributed by atoms with Crippen LogP contribution in [-0.4, -0.2) is 79.3 Å². The minimum atomic E-state index is -0.705. The number of anilines is 1. The fourth-order valence-electron chi connectivity index (χ4n) is 4.33. The molecule has 44 heavy (non-hydrogen) atoms. The van der Waals surface area contributed by atoms with Gasteiger partial charge in [-0.15, -0.1) is 0 Å². The van der Waals surface area contributed by atoms with E-state index >= 15 is 4.39 Å². The van der Waals surface area contributed by atoms with E-state index in [9.17, 15) is 9.59 Å². The standard InChI is InChI=1S/C30H39FN6O7/c1-19(2)29(39)43-16-20(15-42-27-8-3-4-9-40-27)17-44-36-23-13-37(14-23)30-34-11-22(12-35-30)24-7-5-6-21(28(24)31)18-41-26(38)10-25(32)33/h5-7,11-12,19-20,27H,3-4,8-10,13-18H2,1-2H3,(H3,32,33). The van der Waals surface area contributed by atoms with E-state index in [2.05, 4.69) is 15.1 Å². The molecule has 0 saturated carbocycles. The summed E-state index contributed by atoms with van der Waals surface area (Å²) in [5.74, 6) is -1.83. The van der Waals surface area contributed by atoms with Crippen LogP contribution in [0.25, 0.3) is 11.1 Å². The van der Waals surface area contributed by atoms with Crippen molar-refractivity contribution in [2.24, 2.45) is 22.7 Å². The second kappa shape index (κ2) is 16.1. The summed E-state index contributed by atoms with van der Waals surface area (Å²) >= 11 is 0. The highest BCUT2D eigenvalue weighted by molar-refractivity contribution is 5.98. The maximum Gasteiger partial charge on any atom is 0.313 e. The lowest BCUT2D eigenvalue weighted by atomic mass is 10.1. The fourth-order valence-corrected chi connectivity index (χ4v) is 4.33. The third kappa shape index (κ3) is 9.67. The lowest BCUT2D eigenvalue weighted by molar-refractivity contribution is -0.177. The molecular formula is C30H39FN6O7. The number of nitrogens with two attached hydrogens (primary N) is 1. The highest BCUT2D eigenvalue weighted by Crippen LogP contribution is 2.26. The molecule has 1 aromatic heterocycles. The maximum atomic E-state index is 15.1. The Hall–Kier alpha value is -4.17. The van der Waals surface area contributed by atoms with E-state index in [1.807, 2.05) is 4.90 Å². The summed E-state index contributed by atoms with van der Waals surface area (Å²) in [6.45, 7) is 5.59. The van der Waals surface area contributed by atoms with E-state index < -0.39 is 11.8 Å². The molecule has 2 saturated heterocycles. The number of nitrogens with one attached hydrogen (secondary N) is 1. The summed E-state index contributed by atoms with van der Waals surface area (Å²) in [6, 6.07) is 4.74. The van der Waals surface area contributed by atoms with Crippen molar-refractivity contribution in [3.8, 4) is 11.1 Å². The highest BCUT2D eigenvalue weighted by Gasteiger charge is 2.26. The molecule has 4 rings (SSSR count). The molecule has 2 fully saturated rings. The predicted octanol–water partition coefficient (Wildman–Crippen LogP) is 3.20. The van der Waals surface area contributed by atoms with E-state index in [1.165, 1.54) is 18.5 Å². The number of carbonyl (C=O) groups excluding carboxylic acids is 2. The number of oxime groups is 1. The maximum absolute atomic E-state index is 15.1. The lowest BCUT2D eigenvalue weighted by Crippen LogP contribution is -2.48. The topological polar surface area (TPSA) is 172 Å². The van der Waals surface area contributed by atoms with Gasteiger partial charge >= 0.3 is 11.9 Å². The average molecular weight is 615 g/mol. The van der Waals surface area contributed by atoms with Crippen molar-refractivity contribution in [3.05, 3.63) is 42.0 Å². The summed E-state index contributed by atoms with van der Waals surface area (Å²) < 4.78 is 37.0. The average Bonchev–Trinajstić information content (AvgIpc) is 2.99. The van der Waals surface area contributed by atoms with E-state index in [4.69, 9.17) is 34.9 Å². The van der Waals surface area contributed by atoms with Gasteiger partial charge < -0.3 is 34.4 Å². The van der Waals surface area contributed by atoms with Gasteiger partial charge in [0.15, 0.2) is 6.29 Å². The van der Waals surface area contributed by atoms with Gasteiger partial charge in [-0.25, -0.2) is 14.4 Å². The van der Waals surface area contributed by atoms with E-state index in [0.717, 1.165) is 25.0 Å². The monoisotopic (exact) mass is 614 g/mol. The van der Waals surface area contributed by atoms with Crippen LogP contribution in [-0.2, 0) is 40.0 Å². The molecular weight excluding hydrogens is 575 g/mol. The number of carbonyl (C=O) groups is 2. The summed E-state index contributed by atoms with van der Waals surface area (Å²) in [7, 11) is 0. The van der Waals surface area contributed by atoms with Gasteiger partial charge in [-0.2, -0.15) is 0 Å². The Morgan fingerprint density at radius 1 is 1.16 bits per heavy atom. The van der Waals surface area contributed by atoms with Crippen LogP contribution in [0.2, 0.25) is 0 Å². The second-order valence-corrected chi connectivity index (χ2v) is 11.0. The van der Waals surface area contributed by atoms with Gasteiger partial charge in [-0.1, -0.05) is 37.2 Å². The molecule has 0 spiro atoms. The van der Waals surface area contributed by atoms with Crippen LogP contribution in [0.15, 0.2) is 35.7 Å². The zero-order valence-corrected chi connectivity index (χ0v) is 25.0. The molecule has 0 amide bonds. The fraction of sp³-hybridized carbons (Fsp3) is 0.533. The molecule has 0 bridgehead atoms. The van der Waals surface area contributed by atoms with Gasteiger partial charge in [0, 0.05) is 35.7 Å². The van der Waals surface area contributed by atoms with Crippen LogP contribution in [0.5, 0.6) is 0 Å². The summed E-state index contributed by atoms with van der Waals surface area (Å²) in [6.07, 6.45) is 5.36. The second-order valence-electron chi connectivity index (χ2n) is 11.0. The third-order valence-corrected chi connectivity index (χ3v) is 6.87. The molecule has 2 aliphatic heterocycles. The molecule has 0 aliphatic carbocycles. The summed E-state index contributed by atoms with van der Waals surface area (Å²) in [5, 5.41) is 11.4. The Morgan fingerprint density at radius 2 is 1.93 bits per heavy atom. The molecule has 0 radical (unpaired) electrons. The van der Waals surface area contributed by atoms with Crippen LogP contribution >= 0.6 is 0 Å². The van der Waals surface area contributed by atoms with Crippen molar-refractivity contribution in [2.75, 3.05) is 44.4 Å². The Labute approximate surface area is 255 Å². The number of ether oxygens (including phenoxy) is 4. The predicted molar refractivity (Wildman–Crippen MR) is 158 cm³/mol. The van der Waals surface area contributed by atoms with Gasteiger partial charge in [0.25, 0.3) is 0 Å². The number of halogens is 1. The van der Waals surface area contributed by atoms with Crippen molar-refractivity contribution >= 4 is 29.4 Å². The quantitative estimate of drug-likeness (QED) is 0.131. The van der Waals surface area contributed by atoms with Gasteiger partial charge in [0.05, 0.1) is 43.9 Å². The van der Waals surface area contributed by atoms with E-state index in [0.29, 0.717) is 37.8 Å². The van der Waals surface area contributed by atoms with Crippen LogP contribution in [0.4, 0.5) is 10.3 Å². The number of benzene rings is 1. The molecule has 1 aromatic carbocycles.